The molecule has 0 radical (unpaired) electrons. The Labute approximate surface area is 112 Å². The molecule has 19 heavy (non-hydrogen) atoms. The van der Waals surface area contributed by atoms with Gasteiger partial charge in [-0.15, -0.1) is 0 Å². The minimum atomic E-state index is -0.601. The molecule has 2 rings (SSSR count). The second-order valence-electron chi connectivity index (χ2n) is 4.64. The average Bonchev–Trinajstić information content (AvgIpc) is 2.44. The molecule has 0 fully saturated rings. The summed E-state index contributed by atoms with van der Waals surface area (Å²) in [5, 5.41) is 10.2. The number of aliphatic hydroxyl groups is 1. The van der Waals surface area contributed by atoms with Crippen LogP contribution in [0, 0.1) is 0 Å². The number of aliphatic hydroxyl groups excluding tert-OH is 1. The number of Topliss-reactive ketones (excluding diaryl/α,β-unsaturated/α-hetero) is 2. The Morgan fingerprint density at radius 2 is 1.79 bits per heavy atom. The van der Waals surface area contributed by atoms with E-state index in [9.17, 15) is 14.7 Å². The van der Waals surface area contributed by atoms with Gasteiger partial charge in [0.05, 0.1) is 0 Å². The molecule has 98 valence electrons. The van der Waals surface area contributed by atoms with Crippen molar-refractivity contribution in [3.63, 3.8) is 0 Å². The molecule has 1 aromatic rings. The highest BCUT2D eigenvalue weighted by Crippen LogP contribution is 2.29. The van der Waals surface area contributed by atoms with Crippen molar-refractivity contribution in [1.29, 1.82) is 0 Å². The van der Waals surface area contributed by atoms with Crippen LogP contribution in [0.5, 0.6) is 0 Å². The first-order valence-corrected chi connectivity index (χ1v) is 6.32. The number of allylic oxidation sites excluding steroid dienone is 3. The highest BCUT2D eigenvalue weighted by atomic mass is 16.3. The third kappa shape index (κ3) is 2.36. The summed E-state index contributed by atoms with van der Waals surface area (Å²) in [5.41, 5.74) is 2.05. The Bertz CT molecular complexity index is 606. The number of hydrogen-bond acceptors (Lipinski definition) is 3. The summed E-state index contributed by atoms with van der Waals surface area (Å²) in [6, 6.07) is 6.65. The molecule has 1 N–H and O–H groups in total. The van der Waals surface area contributed by atoms with Gasteiger partial charge in [0.15, 0.2) is 0 Å². The zero-order valence-electron chi connectivity index (χ0n) is 11.1. The third-order valence-electron chi connectivity index (χ3n) is 3.41. The summed E-state index contributed by atoms with van der Waals surface area (Å²) >= 11 is 0. The first kappa shape index (κ1) is 13.3. The van der Waals surface area contributed by atoms with E-state index in [0.717, 1.165) is 12.0 Å². The first-order valence-electron chi connectivity index (χ1n) is 6.32. The second-order valence-corrected chi connectivity index (χ2v) is 4.64. The average molecular weight is 256 g/mol. The molecule has 0 saturated carbocycles. The zero-order valence-corrected chi connectivity index (χ0v) is 11.1. The normalized spacial score (nSPS) is 15.8. The molecule has 0 spiro atoms. The van der Waals surface area contributed by atoms with Crippen molar-refractivity contribution in [2.45, 2.75) is 26.7 Å². The molecule has 0 aliphatic heterocycles. The summed E-state index contributed by atoms with van der Waals surface area (Å²) in [7, 11) is 0. The standard InChI is InChI=1S/C16H16O3/c1-3-10(2)8-9-13-14(17)11-6-4-5-7-12(11)15(18)16(13)19/h4-8,17H,3,9H2,1-2H3/b10-8+. The van der Waals surface area contributed by atoms with E-state index in [1.165, 1.54) is 0 Å². The van der Waals surface area contributed by atoms with Crippen LogP contribution in [-0.4, -0.2) is 16.7 Å². The van der Waals surface area contributed by atoms with Gasteiger partial charge < -0.3 is 5.11 Å². The molecule has 1 aliphatic carbocycles. The van der Waals surface area contributed by atoms with Gasteiger partial charge in [0.1, 0.15) is 5.76 Å². The van der Waals surface area contributed by atoms with Crippen molar-refractivity contribution in [3.05, 3.63) is 52.6 Å². The van der Waals surface area contributed by atoms with Crippen LogP contribution >= 0.6 is 0 Å². The number of carbonyl (C=O) groups excluding carboxylic acids is 2. The minimum absolute atomic E-state index is 0.0691. The number of hydrogen-bond donors (Lipinski definition) is 1. The van der Waals surface area contributed by atoms with Crippen LogP contribution in [0.4, 0.5) is 0 Å². The number of benzene rings is 1. The van der Waals surface area contributed by atoms with Crippen LogP contribution < -0.4 is 0 Å². The molecule has 0 atom stereocenters. The van der Waals surface area contributed by atoms with Crippen LogP contribution in [0.1, 0.15) is 42.6 Å². The summed E-state index contributed by atoms with van der Waals surface area (Å²) in [4.78, 5) is 24.0. The van der Waals surface area contributed by atoms with Gasteiger partial charge in [-0.3, -0.25) is 9.59 Å². The number of rotatable bonds is 3. The van der Waals surface area contributed by atoms with Crippen LogP contribution in [0.25, 0.3) is 5.76 Å². The lowest BCUT2D eigenvalue weighted by molar-refractivity contribution is -0.112. The van der Waals surface area contributed by atoms with Gasteiger partial charge in [0.25, 0.3) is 0 Å². The van der Waals surface area contributed by atoms with Crippen molar-refractivity contribution >= 4 is 17.3 Å². The monoisotopic (exact) mass is 256 g/mol. The summed E-state index contributed by atoms with van der Waals surface area (Å²) in [6.07, 6.45) is 3.06. The lowest BCUT2D eigenvalue weighted by atomic mass is 9.87. The number of fused-ring (bicyclic) bond motifs is 1. The van der Waals surface area contributed by atoms with Crippen LogP contribution in [-0.2, 0) is 4.79 Å². The van der Waals surface area contributed by atoms with Crippen LogP contribution in [0.2, 0.25) is 0 Å². The van der Waals surface area contributed by atoms with E-state index in [0.29, 0.717) is 12.0 Å². The minimum Gasteiger partial charge on any atom is -0.507 e. The topological polar surface area (TPSA) is 54.4 Å². The first-order chi connectivity index (χ1) is 9.06. The number of ketones is 2. The Morgan fingerprint density at radius 3 is 2.42 bits per heavy atom. The maximum Gasteiger partial charge on any atom is 0.234 e. The van der Waals surface area contributed by atoms with Crippen molar-refractivity contribution in [3.8, 4) is 0 Å². The Morgan fingerprint density at radius 1 is 1.16 bits per heavy atom. The van der Waals surface area contributed by atoms with Crippen molar-refractivity contribution in [2.24, 2.45) is 0 Å². The Hall–Kier alpha value is -2.16. The van der Waals surface area contributed by atoms with Gasteiger partial charge >= 0.3 is 0 Å². The van der Waals surface area contributed by atoms with Gasteiger partial charge in [-0.2, -0.15) is 0 Å². The molecule has 1 aliphatic rings. The van der Waals surface area contributed by atoms with E-state index in [2.05, 4.69) is 0 Å². The van der Waals surface area contributed by atoms with E-state index in [4.69, 9.17) is 0 Å². The van der Waals surface area contributed by atoms with Gasteiger partial charge in [0.2, 0.25) is 11.6 Å². The van der Waals surface area contributed by atoms with E-state index in [1.807, 2.05) is 19.9 Å². The fourth-order valence-electron chi connectivity index (χ4n) is 2.03. The van der Waals surface area contributed by atoms with Gasteiger partial charge in [-0.05, 0) is 19.8 Å². The molecule has 3 nitrogen and oxygen atoms in total. The molecule has 0 aromatic heterocycles. The molecule has 0 bridgehead atoms. The van der Waals surface area contributed by atoms with Gasteiger partial charge in [-0.25, -0.2) is 0 Å². The number of carbonyl (C=O) groups is 2. The molecule has 0 heterocycles. The van der Waals surface area contributed by atoms with Gasteiger partial charge in [0, 0.05) is 16.7 Å². The largest absolute Gasteiger partial charge is 0.507 e. The fraction of sp³-hybridized carbons (Fsp3) is 0.250. The van der Waals surface area contributed by atoms with E-state index >= 15 is 0 Å². The zero-order chi connectivity index (χ0) is 14.0. The van der Waals surface area contributed by atoms with Crippen molar-refractivity contribution in [1.82, 2.24) is 0 Å². The molecule has 3 heteroatoms. The summed E-state index contributed by atoms with van der Waals surface area (Å²) in [6.45, 7) is 3.98. The van der Waals surface area contributed by atoms with Crippen LogP contribution in [0.15, 0.2) is 41.5 Å². The molecule has 1 aromatic carbocycles. The van der Waals surface area contributed by atoms with Gasteiger partial charge in [-0.1, -0.05) is 42.8 Å². The Kier molecular flexibility index (Phi) is 3.65. The maximum absolute atomic E-state index is 12.0. The fourth-order valence-corrected chi connectivity index (χ4v) is 2.03. The summed E-state index contributed by atoms with van der Waals surface area (Å²) in [5.74, 6) is -1.21. The van der Waals surface area contributed by atoms with E-state index in [1.54, 1.807) is 24.3 Å². The summed E-state index contributed by atoms with van der Waals surface area (Å²) < 4.78 is 0. The lowest BCUT2D eigenvalue weighted by Gasteiger charge is -2.16. The van der Waals surface area contributed by atoms with E-state index < -0.39 is 11.6 Å². The molecular formula is C16H16O3. The molecule has 0 saturated heterocycles. The lowest BCUT2D eigenvalue weighted by Crippen LogP contribution is -2.23. The second kappa shape index (κ2) is 5.22. The molecular weight excluding hydrogens is 240 g/mol. The third-order valence-corrected chi connectivity index (χ3v) is 3.41. The van der Waals surface area contributed by atoms with Crippen molar-refractivity contribution < 1.29 is 14.7 Å². The molecule has 0 amide bonds. The SMILES string of the molecule is CC/C(C)=C/CC1=C(O)c2ccccc2C(=O)C1=O. The van der Waals surface area contributed by atoms with Crippen molar-refractivity contribution in [2.75, 3.05) is 0 Å². The highest BCUT2D eigenvalue weighted by molar-refractivity contribution is 6.52. The smallest absolute Gasteiger partial charge is 0.234 e. The predicted octanol–water partition coefficient (Wildman–Crippen LogP) is 3.47. The van der Waals surface area contributed by atoms with E-state index in [-0.39, 0.29) is 16.9 Å². The maximum atomic E-state index is 12.0. The predicted molar refractivity (Wildman–Crippen MR) is 74.0 cm³/mol. The quantitative estimate of drug-likeness (QED) is 0.665. The highest BCUT2D eigenvalue weighted by Gasteiger charge is 2.31. The molecule has 0 unspecified atom stereocenters. The van der Waals surface area contributed by atoms with Crippen LogP contribution in [0.3, 0.4) is 0 Å². The Balaban J connectivity index is 2.48.